The summed E-state index contributed by atoms with van der Waals surface area (Å²) in [5.41, 5.74) is 9.17. The van der Waals surface area contributed by atoms with Crippen molar-refractivity contribution in [2.45, 2.75) is 38.8 Å². The average Bonchev–Trinajstić information content (AvgIpc) is 3.34. The van der Waals surface area contributed by atoms with Gasteiger partial charge in [0.25, 0.3) is 0 Å². The van der Waals surface area contributed by atoms with Gasteiger partial charge in [0.05, 0.1) is 17.1 Å². The van der Waals surface area contributed by atoms with Crippen molar-refractivity contribution >= 4 is 34.0 Å². The van der Waals surface area contributed by atoms with Crippen molar-refractivity contribution in [3.8, 4) is 0 Å². The summed E-state index contributed by atoms with van der Waals surface area (Å²) in [5.74, 6) is -0.166. The second kappa shape index (κ2) is 8.75. The van der Waals surface area contributed by atoms with Gasteiger partial charge in [-0.1, -0.05) is 12.1 Å². The smallest absolute Gasteiger partial charge is 0.344 e. The number of para-hydroxylation sites is 2. The third-order valence-corrected chi connectivity index (χ3v) is 5.09. The molecule has 1 aliphatic rings. The number of esters is 1. The van der Waals surface area contributed by atoms with Crippen molar-refractivity contribution in [2.24, 2.45) is 0 Å². The van der Waals surface area contributed by atoms with Crippen LogP contribution >= 0.6 is 0 Å². The Labute approximate surface area is 169 Å². The third kappa shape index (κ3) is 4.04. The van der Waals surface area contributed by atoms with Crippen LogP contribution in [0.4, 0.5) is 5.82 Å². The van der Waals surface area contributed by atoms with Gasteiger partial charge in [-0.05, 0) is 38.3 Å². The zero-order valence-corrected chi connectivity index (χ0v) is 16.6. The maximum absolute atomic E-state index is 12.9. The van der Waals surface area contributed by atoms with Gasteiger partial charge in [-0.2, -0.15) is 0 Å². The Morgan fingerprint density at radius 3 is 2.83 bits per heavy atom. The largest absolute Gasteiger partial charge is 0.459 e. The second-order valence-corrected chi connectivity index (χ2v) is 7.08. The van der Waals surface area contributed by atoms with Crippen molar-refractivity contribution in [3.63, 3.8) is 0 Å². The Morgan fingerprint density at radius 2 is 2.10 bits per heavy atom. The lowest BCUT2D eigenvalue weighted by molar-refractivity contribution is 0.0163. The van der Waals surface area contributed by atoms with E-state index in [1.54, 1.807) is 0 Å². The first-order chi connectivity index (χ1) is 14.2. The summed E-state index contributed by atoms with van der Waals surface area (Å²) in [5, 5.41) is 0. The van der Waals surface area contributed by atoms with Crippen LogP contribution in [0.1, 0.15) is 36.5 Å². The van der Waals surface area contributed by atoms with Gasteiger partial charge in [0, 0.05) is 26.4 Å². The number of ether oxygens (including phenoxy) is 3. The molecular formula is C21H26N4O4. The lowest BCUT2D eigenvalue weighted by atomic mass is 10.2. The minimum atomic E-state index is -0.490. The molecule has 1 saturated heterocycles. The van der Waals surface area contributed by atoms with Gasteiger partial charge in [0.15, 0.2) is 5.65 Å². The summed E-state index contributed by atoms with van der Waals surface area (Å²) in [4.78, 5) is 22.3. The highest BCUT2D eigenvalue weighted by atomic mass is 16.6. The maximum Gasteiger partial charge on any atom is 0.344 e. The topological polar surface area (TPSA) is 101 Å². The standard InChI is InChI=1S/C21H26N4O4/c1-2-27-11-6-10-25-19(22)17(21(26)29-13-14-7-5-12-28-14)18-20(25)24-16-9-4-3-8-15(16)23-18/h3-4,8-9,14H,2,5-7,10-13,22H2,1H3/t14-/m1/s1. The van der Waals surface area contributed by atoms with Crippen LogP contribution in [0.25, 0.3) is 22.2 Å². The van der Waals surface area contributed by atoms with Crippen LogP contribution in [-0.4, -0.2) is 53.0 Å². The summed E-state index contributed by atoms with van der Waals surface area (Å²) >= 11 is 0. The minimum absolute atomic E-state index is 0.0494. The van der Waals surface area contributed by atoms with Gasteiger partial charge in [-0.15, -0.1) is 0 Å². The van der Waals surface area contributed by atoms with Crippen molar-refractivity contribution in [2.75, 3.05) is 32.2 Å². The van der Waals surface area contributed by atoms with E-state index in [9.17, 15) is 4.79 Å². The summed E-state index contributed by atoms with van der Waals surface area (Å²) in [6, 6.07) is 7.56. The van der Waals surface area contributed by atoms with Crippen molar-refractivity contribution in [1.29, 1.82) is 0 Å². The van der Waals surface area contributed by atoms with E-state index in [-0.39, 0.29) is 18.3 Å². The Morgan fingerprint density at radius 1 is 1.31 bits per heavy atom. The van der Waals surface area contributed by atoms with Crippen molar-refractivity contribution in [1.82, 2.24) is 14.5 Å². The highest BCUT2D eigenvalue weighted by Crippen LogP contribution is 2.29. The molecule has 1 aliphatic heterocycles. The molecular weight excluding hydrogens is 372 g/mol. The number of benzene rings is 1. The number of carbonyl (C=O) groups excluding carboxylic acids is 1. The molecule has 29 heavy (non-hydrogen) atoms. The molecule has 8 nitrogen and oxygen atoms in total. The van der Waals surface area contributed by atoms with E-state index in [0.29, 0.717) is 48.9 Å². The van der Waals surface area contributed by atoms with E-state index in [4.69, 9.17) is 24.9 Å². The molecule has 4 rings (SSSR count). The molecule has 8 heteroatoms. The molecule has 0 amide bonds. The average molecular weight is 398 g/mol. The Balaban J connectivity index is 1.69. The highest BCUT2D eigenvalue weighted by molar-refractivity contribution is 6.08. The Bertz CT molecular complexity index is 1010. The summed E-state index contributed by atoms with van der Waals surface area (Å²) in [6.45, 7) is 4.73. The first-order valence-corrected chi connectivity index (χ1v) is 10.1. The van der Waals surface area contributed by atoms with E-state index in [2.05, 4.69) is 4.98 Å². The summed E-state index contributed by atoms with van der Waals surface area (Å²) in [7, 11) is 0. The monoisotopic (exact) mass is 398 g/mol. The number of aromatic nitrogens is 3. The lowest BCUT2D eigenvalue weighted by Gasteiger charge is -2.10. The maximum atomic E-state index is 12.9. The van der Waals surface area contributed by atoms with Crippen molar-refractivity contribution < 1.29 is 19.0 Å². The fraction of sp³-hybridized carbons (Fsp3) is 0.476. The number of aryl methyl sites for hydroxylation is 1. The zero-order chi connectivity index (χ0) is 20.2. The molecule has 0 spiro atoms. The predicted octanol–water partition coefficient (Wildman–Crippen LogP) is 2.93. The number of carbonyl (C=O) groups is 1. The minimum Gasteiger partial charge on any atom is -0.459 e. The number of fused-ring (bicyclic) bond motifs is 2. The van der Waals surface area contributed by atoms with Gasteiger partial charge in [0.1, 0.15) is 23.5 Å². The Hall–Kier alpha value is -2.71. The fourth-order valence-electron chi connectivity index (χ4n) is 3.63. The number of hydrogen-bond donors (Lipinski definition) is 1. The molecule has 0 radical (unpaired) electrons. The van der Waals surface area contributed by atoms with E-state index in [1.807, 2.05) is 35.8 Å². The molecule has 3 aromatic rings. The molecule has 1 fully saturated rings. The second-order valence-electron chi connectivity index (χ2n) is 7.08. The predicted molar refractivity (Wildman–Crippen MR) is 110 cm³/mol. The number of anilines is 1. The van der Waals surface area contributed by atoms with Gasteiger partial charge in [-0.3, -0.25) is 0 Å². The van der Waals surface area contributed by atoms with Crippen LogP contribution in [0.15, 0.2) is 24.3 Å². The van der Waals surface area contributed by atoms with Gasteiger partial charge in [-0.25, -0.2) is 14.8 Å². The fourth-order valence-corrected chi connectivity index (χ4v) is 3.63. The van der Waals surface area contributed by atoms with Gasteiger partial charge in [0.2, 0.25) is 0 Å². The van der Waals surface area contributed by atoms with Crippen LogP contribution in [-0.2, 0) is 20.8 Å². The third-order valence-electron chi connectivity index (χ3n) is 5.09. The number of nitrogens with two attached hydrogens (primary N) is 1. The quantitative estimate of drug-likeness (QED) is 0.460. The molecule has 3 heterocycles. The van der Waals surface area contributed by atoms with E-state index in [1.165, 1.54) is 0 Å². The molecule has 1 aromatic carbocycles. The van der Waals surface area contributed by atoms with E-state index in [0.717, 1.165) is 24.8 Å². The number of hydrogen-bond acceptors (Lipinski definition) is 7. The SMILES string of the molecule is CCOCCCn1c(N)c(C(=O)OC[C@H]2CCCO2)c2nc3ccccc3nc21. The van der Waals surface area contributed by atoms with Crippen LogP contribution in [0.2, 0.25) is 0 Å². The normalized spacial score (nSPS) is 16.7. The molecule has 0 bridgehead atoms. The summed E-state index contributed by atoms with van der Waals surface area (Å²) in [6.07, 6.45) is 2.58. The van der Waals surface area contributed by atoms with Gasteiger partial charge >= 0.3 is 5.97 Å². The molecule has 2 N–H and O–H groups in total. The van der Waals surface area contributed by atoms with Crippen LogP contribution < -0.4 is 5.73 Å². The first kappa shape index (κ1) is 19.6. The van der Waals surface area contributed by atoms with Crippen LogP contribution in [0, 0.1) is 0 Å². The zero-order valence-electron chi connectivity index (χ0n) is 16.6. The number of nitrogen functional groups attached to an aromatic ring is 1. The molecule has 0 saturated carbocycles. The molecule has 1 atom stereocenters. The highest BCUT2D eigenvalue weighted by Gasteiger charge is 2.26. The van der Waals surface area contributed by atoms with E-state index < -0.39 is 5.97 Å². The van der Waals surface area contributed by atoms with Crippen molar-refractivity contribution in [3.05, 3.63) is 29.8 Å². The molecule has 0 unspecified atom stereocenters. The van der Waals surface area contributed by atoms with Crippen LogP contribution in [0.3, 0.4) is 0 Å². The molecule has 2 aromatic heterocycles. The summed E-state index contributed by atoms with van der Waals surface area (Å²) < 4.78 is 18.3. The number of rotatable bonds is 8. The molecule has 0 aliphatic carbocycles. The molecule has 154 valence electrons. The number of nitrogens with zero attached hydrogens (tertiary/aromatic N) is 3. The Kier molecular flexibility index (Phi) is 5.92. The van der Waals surface area contributed by atoms with E-state index >= 15 is 0 Å². The van der Waals surface area contributed by atoms with Crippen LogP contribution in [0.5, 0.6) is 0 Å². The lowest BCUT2D eigenvalue weighted by Crippen LogP contribution is -2.18. The first-order valence-electron chi connectivity index (χ1n) is 10.1. The van der Waals surface area contributed by atoms with Gasteiger partial charge < -0.3 is 24.5 Å².